The molecule has 1 aromatic heterocycles. The summed E-state index contributed by atoms with van der Waals surface area (Å²) >= 11 is 0. The van der Waals surface area contributed by atoms with Crippen LogP contribution in [0.15, 0.2) is 18.2 Å². The maximum Gasteiger partial charge on any atom is 0.245 e. The summed E-state index contributed by atoms with van der Waals surface area (Å²) in [6.07, 6.45) is 0. The van der Waals surface area contributed by atoms with Crippen LogP contribution in [-0.2, 0) is 0 Å². The van der Waals surface area contributed by atoms with Gasteiger partial charge in [0.05, 0.1) is 0 Å². The normalized spacial score (nSPS) is 19.4. The van der Waals surface area contributed by atoms with Crippen LogP contribution in [0.1, 0.15) is 18.1 Å². The Kier molecular flexibility index (Phi) is 3.44. The number of nitrogens with zero attached hydrogens (tertiary/aromatic N) is 3. The smallest absolute Gasteiger partial charge is 0.245 e. The Hall–Kier alpha value is -1.88. The molecule has 106 valence electrons. The SMILES string of the molecule is Cc1ccc(-c2nc(N3CCNC(C)C3)n[nH]2)c(C)c1. The van der Waals surface area contributed by atoms with Gasteiger partial charge in [0.2, 0.25) is 5.95 Å². The Morgan fingerprint density at radius 2 is 2.15 bits per heavy atom. The predicted octanol–water partition coefficient (Wildman–Crippen LogP) is 1.89. The van der Waals surface area contributed by atoms with Gasteiger partial charge >= 0.3 is 0 Å². The maximum absolute atomic E-state index is 4.66. The number of H-pyrrole nitrogens is 1. The van der Waals surface area contributed by atoms with Gasteiger partial charge in [-0.05, 0) is 26.3 Å². The Balaban J connectivity index is 1.86. The summed E-state index contributed by atoms with van der Waals surface area (Å²) in [5.41, 5.74) is 3.61. The number of nitrogens with one attached hydrogen (secondary N) is 2. The molecule has 2 N–H and O–H groups in total. The minimum atomic E-state index is 0.479. The molecule has 0 amide bonds. The molecular formula is C15H21N5. The molecule has 3 rings (SSSR count). The van der Waals surface area contributed by atoms with E-state index in [4.69, 9.17) is 0 Å². The number of aryl methyl sites for hydroxylation is 2. The number of hydrogen-bond acceptors (Lipinski definition) is 4. The van der Waals surface area contributed by atoms with Gasteiger partial charge in [0, 0.05) is 31.2 Å². The van der Waals surface area contributed by atoms with Crippen molar-refractivity contribution >= 4 is 5.95 Å². The largest absolute Gasteiger partial charge is 0.337 e. The maximum atomic E-state index is 4.66. The second-order valence-electron chi connectivity index (χ2n) is 5.60. The molecule has 1 fully saturated rings. The molecule has 0 bridgehead atoms. The average Bonchev–Trinajstić information content (AvgIpc) is 2.88. The van der Waals surface area contributed by atoms with Crippen LogP contribution in [0.5, 0.6) is 0 Å². The van der Waals surface area contributed by atoms with Crippen LogP contribution in [0.25, 0.3) is 11.4 Å². The molecule has 1 aliphatic rings. The van der Waals surface area contributed by atoms with Crippen LogP contribution in [0.3, 0.4) is 0 Å². The summed E-state index contributed by atoms with van der Waals surface area (Å²) < 4.78 is 0. The van der Waals surface area contributed by atoms with Crippen molar-refractivity contribution in [1.29, 1.82) is 0 Å². The summed E-state index contributed by atoms with van der Waals surface area (Å²) in [6.45, 7) is 9.28. The molecule has 0 saturated carbocycles. The average molecular weight is 271 g/mol. The van der Waals surface area contributed by atoms with Gasteiger partial charge in [-0.25, -0.2) is 0 Å². The van der Waals surface area contributed by atoms with Crippen LogP contribution in [-0.4, -0.2) is 40.9 Å². The second-order valence-corrected chi connectivity index (χ2v) is 5.60. The van der Waals surface area contributed by atoms with Crippen molar-refractivity contribution < 1.29 is 0 Å². The Bertz CT molecular complexity index is 604. The zero-order chi connectivity index (χ0) is 14.1. The van der Waals surface area contributed by atoms with Crippen molar-refractivity contribution in [1.82, 2.24) is 20.5 Å². The van der Waals surface area contributed by atoms with Crippen LogP contribution in [0.2, 0.25) is 0 Å². The molecule has 5 nitrogen and oxygen atoms in total. The first kappa shape index (κ1) is 13.1. The summed E-state index contributed by atoms with van der Waals surface area (Å²) in [6, 6.07) is 6.86. The summed E-state index contributed by atoms with van der Waals surface area (Å²) in [5.74, 6) is 1.65. The van der Waals surface area contributed by atoms with E-state index in [1.165, 1.54) is 11.1 Å². The second kappa shape index (κ2) is 5.25. The fraction of sp³-hybridized carbons (Fsp3) is 0.467. The molecule has 1 saturated heterocycles. The highest BCUT2D eigenvalue weighted by Gasteiger charge is 2.19. The minimum Gasteiger partial charge on any atom is -0.337 e. The van der Waals surface area contributed by atoms with Crippen molar-refractivity contribution in [3.63, 3.8) is 0 Å². The van der Waals surface area contributed by atoms with Gasteiger partial charge in [-0.3, -0.25) is 5.10 Å². The van der Waals surface area contributed by atoms with E-state index in [-0.39, 0.29) is 0 Å². The van der Waals surface area contributed by atoms with E-state index < -0.39 is 0 Å². The Labute approximate surface area is 119 Å². The first-order chi connectivity index (χ1) is 9.63. The number of aromatic nitrogens is 3. The minimum absolute atomic E-state index is 0.479. The van der Waals surface area contributed by atoms with Crippen LogP contribution in [0.4, 0.5) is 5.95 Å². The number of benzene rings is 1. The van der Waals surface area contributed by atoms with Gasteiger partial charge in [0.1, 0.15) is 0 Å². The molecular weight excluding hydrogens is 250 g/mol. The molecule has 5 heteroatoms. The molecule has 1 aliphatic heterocycles. The molecule has 0 aliphatic carbocycles. The van der Waals surface area contributed by atoms with E-state index >= 15 is 0 Å². The van der Waals surface area contributed by atoms with Gasteiger partial charge in [-0.15, -0.1) is 5.10 Å². The van der Waals surface area contributed by atoms with Gasteiger partial charge in [0.25, 0.3) is 0 Å². The van der Waals surface area contributed by atoms with Crippen LogP contribution < -0.4 is 10.2 Å². The molecule has 20 heavy (non-hydrogen) atoms. The van der Waals surface area contributed by atoms with Crippen molar-refractivity contribution in [2.24, 2.45) is 0 Å². The zero-order valence-electron chi connectivity index (χ0n) is 12.3. The number of hydrogen-bond donors (Lipinski definition) is 2. The van der Waals surface area contributed by atoms with E-state index in [1.54, 1.807) is 0 Å². The van der Waals surface area contributed by atoms with Crippen molar-refractivity contribution in [3.05, 3.63) is 29.3 Å². The standard InChI is InChI=1S/C15H21N5/c1-10-4-5-13(11(2)8-10)14-17-15(19-18-14)20-7-6-16-12(3)9-20/h4-5,8,12,16H,6-7,9H2,1-3H3,(H,17,18,19). The van der Waals surface area contributed by atoms with Gasteiger partial charge in [-0.2, -0.15) is 4.98 Å². The van der Waals surface area contributed by atoms with Crippen molar-refractivity contribution in [2.45, 2.75) is 26.8 Å². The summed E-state index contributed by atoms with van der Waals surface area (Å²) in [5, 5.41) is 10.9. The van der Waals surface area contributed by atoms with Gasteiger partial charge < -0.3 is 10.2 Å². The van der Waals surface area contributed by atoms with E-state index in [2.05, 4.69) is 64.4 Å². The fourth-order valence-electron chi connectivity index (χ4n) is 2.71. The van der Waals surface area contributed by atoms with Gasteiger partial charge in [-0.1, -0.05) is 23.8 Å². The topological polar surface area (TPSA) is 56.8 Å². The summed E-state index contributed by atoms with van der Waals surface area (Å²) in [4.78, 5) is 6.89. The lowest BCUT2D eigenvalue weighted by atomic mass is 10.1. The number of aromatic amines is 1. The van der Waals surface area contributed by atoms with E-state index in [0.717, 1.165) is 37.0 Å². The molecule has 2 heterocycles. The zero-order valence-corrected chi connectivity index (χ0v) is 12.3. The van der Waals surface area contributed by atoms with Crippen LogP contribution >= 0.6 is 0 Å². The Morgan fingerprint density at radius 3 is 2.90 bits per heavy atom. The predicted molar refractivity (Wildman–Crippen MR) is 81.0 cm³/mol. The van der Waals surface area contributed by atoms with Crippen molar-refractivity contribution in [3.8, 4) is 11.4 Å². The third-order valence-electron chi connectivity index (χ3n) is 3.76. The summed E-state index contributed by atoms with van der Waals surface area (Å²) in [7, 11) is 0. The first-order valence-corrected chi connectivity index (χ1v) is 7.12. The van der Waals surface area contributed by atoms with E-state index in [1.807, 2.05) is 0 Å². The van der Waals surface area contributed by atoms with Gasteiger partial charge in [0.15, 0.2) is 5.82 Å². The number of anilines is 1. The quantitative estimate of drug-likeness (QED) is 0.875. The first-order valence-electron chi connectivity index (χ1n) is 7.12. The lowest BCUT2D eigenvalue weighted by Gasteiger charge is -2.30. The number of piperazine rings is 1. The van der Waals surface area contributed by atoms with Crippen molar-refractivity contribution in [2.75, 3.05) is 24.5 Å². The third-order valence-corrected chi connectivity index (χ3v) is 3.76. The Morgan fingerprint density at radius 1 is 1.30 bits per heavy atom. The van der Waals surface area contributed by atoms with Crippen LogP contribution in [0, 0.1) is 13.8 Å². The highest BCUT2D eigenvalue weighted by atomic mass is 15.4. The molecule has 1 atom stereocenters. The highest BCUT2D eigenvalue weighted by molar-refractivity contribution is 5.61. The third kappa shape index (κ3) is 2.54. The number of rotatable bonds is 2. The van der Waals surface area contributed by atoms with E-state index in [0.29, 0.717) is 6.04 Å². The molecule has 2 aromatic rings. The lowest BCUT2D eigenvalue weighted by Crippen LogP contribution is -2.49. The molecule has 1 unspecified atom stereocenters. The molecule has 0 spiro atoms. The fourth-order valence-corrected chi connectivity index (χ4v) is 2.71. The highest BCUT2D eigenvalue weighted by Crippen LogP contribution is 2.22. The van der Waals surface area contributed by atoms with E-state index in [9.17, 15) is 0 Å². The molecule has 0 radical (unpaired) electrons. The monoisotopic (exact) mass is 271 g/mol. The molecule has 1 aromatic carbocycles. The lowest BCUT2D eigenvalue weighted by molar-refractivity contribution is 0.480.